The number of halogens is 2. The van der Waals surface area contributed by atoms with Crippen LogP contribution in [0.25, 0.3) is 0 Å². The first-order chi connectivity index (χ1) is 10.5. The smallest absolute Gasteiger partial charge is 0.142 e. The molecule has 0 radical (unpaired) electrons. The third kappa shape index (κ3) is 3.15. The van der Waals surface area contributed by atoms with Gasteiger partial charge in [-0.2, -0.15) is 0 Å². The fourth-order valence-corrected chi connectivity index (χ4v) is 2.97. The van der Waals surface area contributed by atoms with Crippen LogP contribution in [-0.4, -0.2) is 20.8 Å². The van der Waals surface area contributed by atoms with Gasteiger partial charge >= 0.3 is 0 Å². The molecule has 1 N–H and O–H groups in total. The summed E-state index contributed by atoms with van der Waals surface area (Å²) in [5, 5.41) is 12.2. The van der Waals surface area contributed by atoms with Gasteiger partial charge in [-0.1, -0.05) is 31.5 Å². The molecule has 1 aromatic carbocycles. The summed E-state index contributed by atoms with van der Waals surface area (Å²) in [5.41, 5.74) is 0.903. The maximum absolute atomic E-state index is 13.5. The van der Waals surface area contributed by atoms with Crippen molar-refractivity contribution < 1.29 is 4.39 Å². The van der Waals surface area contributed by atoms with Crippen LogP contribution in [0.1, 0.15) is 43.4 Å². The highest BCUT2D eigenvalue weighted by Gasteiger charge is 2.23. The SMILES string of the molecule is CC(C)c1nnc2n1C[C@H](NCc1ccc(Cl)c(F)c1)CC2. The number of nitrogens with zero attached hydrogens (tertiary/aromatic N) is 3. The summed E-state index contributed by atoms with van der Waals surface area (Å²) in [5.74, 6) is 2.11. The zero-order chi connectivity index (χ0) is 15.7. The molecule has 4 nitrogen and oxygen atoms in total. The van der Waals surface area contributed by atoms with Crippen molar-refractivity contribution in [1.29, 1.82) is 0 Å². The fraction of sp³-hybridized carbons (Fsp3) is 0.500. The van der Waals surface area contributed by atoms with Crippen LogP contribution in [0.2, 0.25) is 5.02 Å². The second kappa shape index (κ2) is 6.34. The third-order valence-corrected chi connectivity index (χ3v) is 4.38. The van der Waals surface area contributed by atoms with Gasteiger partial charge in [0, 0.05) is 31.5 Å². The van der Waals surface area contributed by atoms with Crippen molar-refractivity contribution in [2.45, 2.75) is 51.7 Å². The minimum Gasteiger partial charge on any atom is -0.313 e. The lowest BCUT2D eigenvalue weighted by Gasteiger charge is -2.26. The average Bonchev–Trinajstić information content (AvgIpc) is 2.91. The highest BCUT2D eigenvalue weighted by molar-refractivity contribution is 6.30. The predicted molar refractivity (Wildman–Crippen MR) is 84.5 cm³/mol. The molecule has 2 heterocycles. The average molecular weight is 323 g/mol. The van der Waals surface area contributed by atoms with Crippen molar-refractivity contribution in [3.05, 3.63) is 46.3 Å². The molecule has 0 spiro atoms. The van der Waals surface area contributed by atoms with Crippen molar-refractivity contribution in [3.63, 3.8) is 0 Å². The minimum atomic E-state index is -0.368. The Kier molecular flexibility index (Phi) is 4.45. The van der Waals surface area contributed by atoms with Gasteiger partial charge in [0.1, 0.15) is 17.5 Å². The first kappa shape index (κ1) is 15.4. The van der Waals surface area contributed by atoms with E-state index in [4.69, 9.17) is 11.6 Å². The van der Waals surface area contributed by atoms with Gasteiger partial charge in [-0.3, -0.25) is 0 Å². The summed E-state index contributed by atoms with van der Waals surface area (Å²) in [6.07, 6.45) is 1.94. The Morgan fingerprint density at radius 2 is 2.23 bits per heavy atom. The van der Waals surface area contributed by atoms with E-state index in [-0.39, 0.29) is 10.8 Å². The van der Waals surface area contributed by atoms with Crippen LogP contribution in [-0.2, 0) is 19.5 Å². The number of hydrogen-bond acceptors (Lipinski definition) is 3. The largest absolute Gasteiger partial charge is 0.313 e. The van der Waals surface area contributed by atoms with Crippen molar-refractivity contribution in [1.82, 2.24) is 20.1 Å². The molecular weight excluding hydrogens is 303 g/mol. The number of nitrogens with one attached hydrogen (secondary N) is 1. The molecule has 1 atom stereocenters. The summed E-state index contributed by atoms with van der Waals surface area (Å²) in [4.78, 5) is 0. The number of benzene rings is 1. The monoisotopic (exact) mass is 322 g/mol. The Morgan fingerprint density at radius 1 is 1.41 bits per heavy atom. The van der Waals surface area contributed by atoms with Crippen LogP contribution in [0, 0.1) is 5.82 Å². The molecule has 0 unspecified atom stereocenters. The van der Waals surface area contributed by atoms with Crippen LogP contribution >= 0.6 is 11.6 Å². The van der Waals surface area contributed by atoms with Crippen molar-refractivity contribution >= 4 is 11.6 Å². The van der Waals surface area contributed by atoms with E-state index in [0.29, 0.717) is 18.5 Å². The van der Waals surface area contributed by atoms with Crippen molar-refractivity contribution in [3.8, 4) is 0 Å². The molecule has 0 aliphatic carbocycles. The van der Waals surface area contributed by atoms with Gasteiger partial charge in [0.05, 0.1) is 5.02 Å². The summed E-state index contributed by atoms with van der Waals surface area (Å²) >= 11 is 5.71. The van der Waals surface area contributed by atoms with Gasteiger partial charge in [0.2, 0.25) is 0 Å². The fourth-order valence-electron chi connectivity index (χ4n) is 2.85. The second-order valence-electron chi connectivity index (χ2n) is 6.10. The number of hydrogen-bond donors (Lipinski definition) is 1. The highest BCUT2D eigenvalue weighted by atomic mass is 35.5. The topological polar surface area (TPSA) is 42.7 Å². The van der Waals surface area contributed by atoms with E-state index in [2.05, 4.69) is 33.9 Å². The molecule has 1 aliphatic heterocycles. The van der Waals surface area contributed by atoms with Gasteiger partial charge in [-0.15, -0.1) is 10.2 Å². The number of aryl methyl sites for hydroxylation is 1. The van der Waals surface area contributed by atoms with Gasteiger partial charge < -0.3 is 9.88 Å². The first-order valence-electron chi connectivity index (χ1n) is 7.64. The molecule has 0 saturated heterocycles. The molecule has 1 aromatic heterocycles. The summed E-state index contributed by atoms with van der Waals surface area (Å²) < 4.78 is 15.7. The highest BCUT2D eigenvalue weighted by Crippen LogP contribution is 2.21. The zero-order valence-electron chi connectivity index (χ0n) is 12.8. The molecule has 0 bridgehead atoms. The summed E-state index contributed by atoms with van der Waals surface area (Å²) in [7, 11) is 0. The van der Waals surface area contributed by atoms with Crippen LogP contribution in [0.15, 0.2) is 18.2 Å². The lowest BCUT2D eigenvalue weighted by Crippen LogP contribution is -2.37. The second-order valence-corrected chi connectivity index (χ2v) is 6.51. The van der Waals surface area contributed by atoms with Crippen molar-refractivity contribution in [2.75, 3.05) is 0 Å². The maximum atomic E-state index is 13.5. The molecule has 6 heteroatoms. The van der Waals surface area contributed by atoms with E-state index in [1.165, 1.54) is 6.07 Å². The lowest BCUT2D eigenvalue weighted by atomic mass is 10.1. The predicted octanol–water partition coefficient (Wildman–Crippen LogP) is 3.30. The van der Waals surface area contributed by atoms with E-state index in [1.807, 2.05) is 6.07 Å². The molecule has 3 rings (SSSR count). The van der Waals surface area contributed by atoms with Gasteiger partial charge in [-0.25, -0.2) is 4.39 Å². The molecule has 0 fully saturated rings. The summed E-state index contributed by atoms with van der Waals surface area (Å²) in [6, 6.07) is 5.29. The zero-order valence-corrected chi connectivity index (χ0v) is 13.6. The molecule has 0 saturated carbocycles. The van der Waals surface area contributed by atoms with E-state index < -0.39 is 0 Å². The first-order valence-corrected chi connectivity index (χ1v) is 8.01. The van der Waals surface area contributed by atoms with Crippen LogP contribution in [0.3, 0.4) is 0 Å². The number of fused-ring (bicyclic) bond motifs is 1. The van der Waals surface area contributed by atoms with Crippen molar-refractivity contribution in [2.24, 2.45) is 0 Å². The Hall–Kier alpha value is -1.46. The maximum Gasteiger partial charge on any atom is 0.142 e. The Labute approximate surface area is 134 Å². The number of rotatable bonds is 4. The molecule has 22 heavy (non-hydrogen) atoms. The Morgan fingerprint density at radius 3 is 2.95 bits per heavy atom. The molecule has 2 aromatic rings. The molecule has 0 amide bonds. The van der Waals surface area contributed by atoms with E-state index in [0.717, 1.165) is 36.6 Å². The lowest BCUT2D eigenvalue weighted by molar-refractivity contribution is 0.370. The van der Waals surface area contributed by atoms with Crippen LogP contribution in [0.5, 0.6) is 0 Å². The number of aromatic nitrogens is 3. The van der Waals surface area contributed by atoms with E-state index >= 15 is 0 Å². The van der Waals surface area contributed by atoms with E-state index in [1.54, 1.807) is 6.07 Å². The van der Waals surface area contributed by atoms with E-state index in [9.17, 15) is 4.39 Å². The summed E-state index contributed by atoms with van der Waals surface area (Å²) in [6.45, 7) is 5.76. The Bertz CT molecular complexity index is 668. The quantitative estimate of drug-likeness (QED) is 0.939. The Balaban J connectivity index is 1.65. The standard InChI is InChI=1S/C16H20ClFN4/c1-10(2)16-21-20-15-6-4-12(9-22(15)16)19-8-11-3-5-13(17)14(18)7-11/h3,5,7,10,12,19H,4,6,8-9H2,1-2H3/t12-/m1/s1. The van der Waals surface area contributed by atoms with Crippen LogP contribution < -0.4 is 5.32 Å². The molecule has 1 aliphatic rings. The minimum absolute atomic E-state index is 0.164. The third-order valence-electron chi connectivity index (χ3n) is 4.07. The molecule has 118 valence electrons. The van der Waals surface area contributed by atoms with Gasteiger partial charge in [-0.05, 0) is 24.1 Å². The van der Waals surface area contributed by atoms with Gasteiger partial charge in [0.15, 0.2) is 0 Å². The van der Waals surface area contributed by atoms with Crippen LogP contribution in [0.4, 0.5) is 4.39 Å². The molecular formula is C16H20ClFN4. The van der Waals surface area contributed by atoms with Gasteiger partial charge in [0.25, 0.3) is 0 Å². The normalized spacial score (nSPS) is 17.8.